The molecular weight excluding hydrogens is 264 g/mol. The number of nitrogens with zero attached hydrogens (tertiary/aromatic N) is 4. The molecule has 110 valence electrons. The Labute approximate surface area is 117 Å². The van der Waals surface area contributed by atoms with Gasteiger partial charge >= 0.3 is 12.0 Å². The largest absolute Gasteiger partial charge is 0.466 e. The van der Waals surface area contributed by atoms with Gasteiger partial charge in [-0.2, -0.15) is 5.10 Å². The van der Waals surface area contributed by atoms with Gasteiger partial charge < -0.3 is 4.74 Å². The van der Waals surface area contributed by atoms with Crippen LogP contribution >= 0.6 is 0 Å². The van der Waals surface area contributed by atoms with Crippen molar-refractivity contribution in [2.24, 2.45) is 10.2 Å². The lowest BCUT2D eigenvalue weighted by molar-refractivity contribution is -0.141. The van der Waals surface area contributed by atoms with E-state index in [0.29, 0.717) is 12.3 Å². The van der Waals surface area contributed by atoms with Crippen molar-refractivity contribution in [2.75, 3.05) is 20.7 Å². The SMILES string of the molecule is CCOC(=O)C/C(C)=N/N=C1\CC(=O)N(C)C(=O)N1C. The zero-order valence-electron chi connectivity index (χ0n) is 12.0. The second-order valence-electron chi connectivity index (χ2n) is 4.30. The molecule has 0 aromatic heterocycles. The van der Waals surface area contributed by atoms with Gasteiger partial charge in [-0.1, -0.05) is 0 Å². The Kier molecular flexibility index (Phi) is 5.36. The van der Waals surface area contributed by atoms with Gasteiger partial charge in [0, 0.05) is 19.8 Å². The second-order valence-corrected chi connectivity index (χ2v) is 4.30. The topological polar surface area (TPSA) is 91.6 Å². The number of amidine groups is 1. The van der Waals surface area contributed by atoms with Crippen LogP contribution in [0.15, 0.2) is 10.2 Å². The first-order valence-electron chi connectivity index (χ1n) is 6.16. The fraction of sp³-hybridized carbons (Fsp3) is 0.583. The zero-order valence-corrected chi connectivity index (χ0v) is 12.0. The lowest BCUT2D eigenvalue weighted by Crippen LogP contribution is -2.51. The van der Waals surface area contributed by atoms with Crippen LogP contribution in [0.4, 0.5) is 4.79 Å². The normalized spacial score (nSPS) is 18.8. The highest BCUT2D eigenvalue weighted by Gasteiger charge is 2.31. The van der Waals surface area contributed by atoms with E-state index in [9.17, 15) is 14.4 Å². The van der Waals surface area contributed by atoms with Gasteiger partial charge in [0.2, 0.25) is 5.91 Å². The molecule has 1 saturated heterocycles. The lowest BCUT2D eigenvalue weighted by Gasteiger charge is -2.29. The van der Waals surface area contributed by atoms with Gasteiger partial charge in [0.1, 0.15) is 5.84 Å². The summed E-state index contributed by atoms with van der Waals surface area (Å²) in [5.41, 5.74) is 0.447. The number of carbonyl (C=O) groups is 3. The van der Waals surface area contributed by atoms with E-state index in [1.807, 2.05) is 0 Å². The average molecular weight is 282 g/mol. The summed E-state index contributed by atoms with van der Waals surface area (Å²) >= 11 is 0. The number of ether oxygens (including phenoxy) is 1. The van der Waals surface area contributed by atoms with Crippen LogP contribution in [-0.4, -0.2) is 60.0 Å². The van der Waals surface area contributed by atoms with Gasteiger partial charge in [-0.05, 0) is 13.8 Å². The Bertz CT molecular complexity index is 484. The third kappa shape index (κ3) is 3.87. The van der Waals surface area contributed by atoms with Crippen LogP contribution in [-0.2, 0) is 14.3 Å². The number of rotatable bonds is 4. The van der Waals surface area contributed by atoms with Crippen LogP contribution in [0, 0.1) is 0 Å². The highest BCUT2D eigenvalue weighted by atomic mass is 16.5. The highest BCUT2D eigenvalue weighted by molar-refractivity contribution is 6.15. The molecule has 0 spiro atoms. The number of esters is 1. The van der Waals surface area contributed by atoms with Crippen LogP contribution in [0.2, 0.25) is 0 Å². The van der Waals surface area contributed by atoms with Crippen molar-refractivity contribution in [3.63, 3.8) is 0 Å². The van der Waals surface area contributed by atoms with E-state index in [-0.39, 0.29) is 24.6 Å². The third-order valence-corrected chi connectivity index (χ3v) is 2.69. The minimum absolute atomic E-state index is 0.00503. The van der Waals surface area contributed by atoms with E-state index in [1.165, 1.54) is 19.0 Å². The second kappa shape index (κ2) is 6.78. The molecule has 0 aromatic rings. The molecular formula is C12H18N4O4. The van der Waals surface area contributed by atoms with Gasteiger partial charge in [-0.15, -0.1) is 5.10 Å². The molecule has 0 aliphatic carbocycles. The van der Waals surface area contributed by atoms with Gasteiger partial charge in [0.25, 0.3) is 0 Å². The fourth-order valence-electron chi connectivity index (χ4n) is 1.52. The van der Waals surface area contributed by atoms with Crippen molar-refractivity contribution in [3.05, 3.63) is 0 Å². The van der Waals surface area contributed by atoms with Crippen molar-refractivity contribution in [3.8, 4) is 0 Å². The van der Waals surface area contributed by atoms with Gasteiger partial charge in [0.05, 0.1) is 19.4 Å². The monoisotopic (exact) mass is 282 g/mol. The molecule has 1 rings (SSSR count). The molecule has 20 heavy (non-hydrogen) atoms. The van der Waals surface area contributed by atoms with Crippen molar-refractivity contribution in [1.29, 1.82) is 0 Å². The number of hydrogen-bond acceptors (Lipinski definition) is 6. The molecule has 1 aliphatic heterocycles. The van der Waals surface area contributed by atoms with Crippen LogP contribution < -0.4 is 0 Å². The van der Waals surface area contributed by atoms with Crippen molar-refractivity contribution < 1.29 is 19.1 Å². The average Bonchev–Trinajstić information content (AvgIpc) is 2.39. The maximum atomic E-state index is 11.7. The molecule has 1 fully saturated rings. The van der Waals surface area contributed by atoms with Crippen molar-refractivity contribution >= 4 is 29.5 Å². The summed E-state index contributed by atoms with van der Waals surface area (Å²) < 4.78 is 4.78. The molecule has 0 N–H and O–H groups in total. The predicted molar refractivity (Wildman–Crippen MR) is 72.3 cm³/mol. The van der Waals surface area contributed by atoms with E-state index < -0.39 is 12.0 Å². The molecule has 3 amide bonds. The molecule has 0 atom stereocenters. The Morgan fingerprint density at radius 2 is 1.95 bits per heavy atom. The maximum Gasteiger partial charge on any atom is 0.331 e. The Morgan fingerprint density at radius 1 is 1.30 bits per heavy atom. The summed E-state index contributed by atoms with van der Waals surface area (Å²) in [5.74, 6) is -0.482. The van der Waals surface area contributed by atoms with Crippen LogP contribution in [0.25, 0.3) is 0 Å². The summed E-state index contributed by atoms with van der Waals surface area (Å²) in [6.45, 7) is 3.65. The molecule has 0 bridgehead atoms. The minimum atomic E-state index is -0.460. The van der Waals surface area contributed by atoms with Crippen LogP contribution in [0.3, 0.4) is 0 Å². The molecule has 0 aromatic carbocycles. The molecule has 8 heteroatoms. The van der Waals surface area contributed by atoms with E-state index in [4.69, 9.17) is 4.74 Å². The van der Waals surface area contributed by atoms with E-state index in [0.717, 1.165) is 4.90 Å². The molecule has 0 radical (unpaired) electrons. The van der Waals surface area contributed by atoms with Gasteiger partial charge in [0.15, 0.2) is 0 Å². The van der Waals surface area contributed by atoms with E-state index in [2.05, 4.69) is 10.2 Å². The summed E-state index contributed by atoms with van der Waals surface area (Å²) in [7, 11) is 2.92. The summed E-state index contributed by atoms with van der Waals surface area (Å²) in [6, 6.07) is -0.460. The Balaban J connectivity index is 2.76. The molecule has 0 unspecified atom stereocenters. The minimum Gasteiger partial charge on any atom is -0.466 e. The lowest BCUT2D eigenvalue weighted by atomic mass is 10.3. The summed E-state index contributed by atoms with van der Waals surface area (Å²) in [6.07, 6.45) is 0.0189. The third-order valence-electron chi connectivity index (χ3n) is 2.69. The first kappa shape index (κ1) is 15.8. The smallest absolute Gasteiger partial charge is 0.331 e. The van der Waals surface area contributed by atoms with Gasteiger partial charge in [-0.25, -0.2) is 4.79 Å². The summed E-state index contributed by atoms with van der Waals surface area (Å²) in [4.78, 5) is 36.7. The molecule has 8 nitrogen and oxygen atoms in total. The van der Waals surface area contributed by atoms with Crippen molar-refractivity contribution in [2.45, 2.75) is 26.7 Å². The van der Waals surface area contributed by atoms with Crippen molar-refractivity contribution in [1.82, 2.24) is 9.80 Å². The van der Waals surface area contributed by atoms with E-state index >= 15 is 0 Å². The standard InChI is InChI=1S/C12H18N4O4/c1-5-20-11(18)6-8(2)13-14-9-7-10(17)16(4)12(19)15(9)3/h5-7H2,1-4H3/b13-8+,14-9+. The number of urea groups is 1. The Hall–Kier alpha value is -2.25. The molecule has 1 aliphatic rings. The zero-order chi connectivity index (χ0) is 15.3. The molecule has 0 saturated carbocycles. The first-order chi connectivity index (χ1) is 9.36. The summed E-state index contributed by atoms with van der Waals surface area (Å²) in [5, 5.41) is 7.72. The van der Waals surface area contributed by atoms with E-state index in [1.54, 1.807) is 13.8 Å². The first-order valence-corrected chi connectivity index (χ1v) is 6.16. The molecule has 1 heterocycles. The fourth-order valence-corrected chi connectivity index (χ4v) is 1.52. The predicted octanol–water partition coefficient (Wildman–Crippen LogP) is 0.628. The number of imide groups is 1. The van der Waals surface area contributed by atoms with Gasteiger partial charge in [-0.3, -0.25) is 19.4 Å². The van der Waals surface area contributed by atoms with Crippen LogP contribution in [0.1, 0.15) is 26.7 Å². The maximum absolute atomic E-state index is 11.7. The Morgan fingerprint density at radius 3 is 2.55 bits per heavy atom. The van der Waals surface area contributed by atoms with Crippen LogP contribution in [0.5, 0.6) is 0 Å². The highest BCUT2D eigenvalue weighted by Crippen LogP contribution is 2.09. The number of amides is 3. The quantitative estimate of drug-likeness (QED) is 0.429. The number of hydrogen-bond donors (Lipinski definition) is 0. The number of carbonyl (C=O) groups excluding carboxylic acids is 3.